The molecule has 7 nitrogen and oxygen atoms in total. The van der Waals surface area contributed by atoms with Crippen LogP contribution in [-0.2, 0) is 4.74 Å². The first-order chi connectivity index (χ1) is 14.5. The predicted octanol–water partition coefficient (Wildman–Crippen LogP) is 3.90. The standard InChI is InChI=1S/C22H26ClN5O2/c1-14(2)12-25-28-20-15(11-18(21(28)29)17-5-3-4-6-19(17)23)13-24-22(27-20)26-16-7-9-30-10-8-16/h3-6,11,13-14,16,25H,7-10,12H2,1-2H3,(H,24,26,27). The zero-order chi connectivity index (χ0) is 21.1. The Balaban J connectivity index is 1.80. The molecular formula is C22H26ClN5O2. The summed E-state index contributed by atoms with van der Waals surface area (Å²) >= 11 is 6.38. The monoisotopic (exact) mass is 427 g/mol. The maximum absolute atomic E-state index is 13.4. The topological polar surface area (TPSA) is 81.1 Å². The number of nitrogens with zero attached hydrogens (tertiary/aromatic N) is 3. The Labute approximate surface area is 180 Å². The van der Waals surface area contributed by atoms with Crippen molar-refractivity contribution in [3.63, 3.8) is 0 Å². The molecule has 3 heterocycles. The third-order valence-electron chi connectivity index (χ3n) is 5.12. The quantitative estimate of drug-likeness (QED) is 0.621. The summed E-state index contributed by atoms with van der Waals surface area (Å²) in [5, 5.41) is 4.67. The lowest BCUT2D eigenvalue weighted by molar-refractivity contribution is 0.0903. The first-order valence-electron chi connectivity index (χ1n) is 10.3. The number of halogens is 1. The van der Waals surface area contributed by atoms with Crippen LogP contribution in [0.15, 0.2) is 41.3 Å². The number of aromatic nitrogens is 3. The van der Waals surface area contributed by atoms with Gasteiger partial charge in [-0.25, -0.2) is 9.66 Å². The van der Waals surface area contributed by atoms with Crippen molar-refractivity contribution >= 4 is 28.6 Å². The second-order valence-corrected chi connectivity index (χ2v) is 8.35. The van der Waals surface area contributed by atoms with Crippen molar-refractivity contribution in [2.45, 2.75) is 32.7 Å². The average molecular weight is 428 g/mol. The molecule has 0 spiro atoms. The molecule has 1 saturated heterocycles. The van der Waals surface area contributed by atoms with Crippen molar-refractivity contribution in [2.24, 2.45) is 5.92 Å². The molecule has 1 aromatic carbocycles. The van der Waals surface area contributed by atoms with E-state index in [9.17, 15) is 4.79 Å². The van der Waals surface area contributed by atoms with Gasteiger partial charge in [0.05, 0.1) is 5.56 Å². The SMILES string of the molecule is CC(C)CNn1c(=O)c(-c2ccccc2Cl)cc2cnc(NC3CCOCC3)nc21. The van der Waals surface area contributed by atoms with Crippen LogP contribution in [0.1, 0.15) is 26.7 Å². The van der Waals surface area contributed by atoms with Crippen LogP contribution in [0.2, 0.25) is 5.02 Å². The van der Waals surface area contributed by atoms with E-state index in [1.54, 1.807) is 12.3 Å². The largest absolute Gasteiger partial charge is 0.381 e. The molecular weight excluding hydrogens is 402 g/mol. The Morgan fingerprint density at radius 1 is 1.23 bits per heavy atom. The van der Waals surface area contributed by atoms with E-state index in [1.165, 1.54) is 4.68 Å². The second kappa shape index (κ2) is 9.02. The van der Waals surface area contributed by atoms with E-state index in [4.69, 9.17) is 16.3 Å². The van der Waals surface area contributed by atoms with Crippen molar-refractivity contribution in [3.05, 3.63) is 51.9 Å². The average Bonchev–Trinajstić information content (AvgIpc) is 2.74. The third-order valence-corrected chi connectivity index (χ3v) is 5.45. The number of anilines is 1. The summed E-state index contributed by atoms with van der Waals surface area (Å²) in [5.41, 5.74) is 4.80. The number of rotatable bonds is 6. The van der Waals surface area contributed by atoms with Gasteiger partial charge in [-0.3, -0.25) is 4.79 Å². The van der Waals surface area contributed by atoms with Gasteiger partial charge in [-0.05, 0) is 30.9 Å². The smallest absolute Gasteiger partial charge is 0.278 e. The van der Waals surface area contributed by atoms with E-state index in [-0.39, 0.29) is 11.6 Å². The minimum absolute atomic E-state index is 0.188. The van der Waals surface area contributed by atoms with Crippen LogP contribution in [0.3, 0.4) is 0 Å². The van der Waals surface area contributed by atoms with Crippen molar-refractivity contribution in [3.8, 4) is 11.1 Å². The van der Waals surface area contributed by atoms with Crippen LogP contribution < -0.4 is 16.3 Å². The molecule has 0 radical (unpaired) electrons. The summed E-state index contributed by atoms with van der Waals surface area (Å²) in [7, 11) is 0. The molecule has 3 aromatic rings. The number of hydrogen-bond acceptors (Lipinski definition) is 6. The highest BCUT2D eigenvalue weighted by atomic mass is 35.5. The van der Waals surface area contributed by atoms with Crippen LogP contribution >= 0.6 is 11.6 Å². The highest BCUT2D eigenvalue weighted by molar-refractivity contribution is 6.33. The molecule has 0 unspecified atom stereocenters. The van der Waals surface area contributed by atoms with Crippen molar-refractivity contribution in [1.82, 2.24) is 14.6 Å². The number of benzene rings is 1. The normalized spacial score (nSPS) is 14.9. The first-order valence-corrected chi connectivity index (χ1v) is 10.7. The van der Waals surface area contributed by atoms with E-state index in [0.717, 1.165) is 31.4 Å². The number of ether oxygens (including phenoxy) is 1. The Kier molecular flexibility index (Phi) is 6.20. The number of nitrogens with one attached hydrogen (secondary N) is 2. The van der Waals surface area contributed by atoms with Crippen molar-refractivity contribution in [2.75, 3.05) is 30.5 Å². The molecule has 0 bridgehead atoms. The fourth-order valence-electron chi connectivity index (χ4n) is 3.48. The molecule has 0 atom stereocenters. The van der Waals surface area contributed by atoms with Gasteiger partial charge in [-0.1, -0.05) is 43.6 Å². The Morgan fingerprint density at radius 3 is 2.73 bits per heavy atom. The summed E-state index contributed by atoms with van der Waals surface area (Å²) in [6, 6.07) is 9.42. The van der Waals surface area contributed by atoms with E-state index >= 15 is 0 Å². The lowest BCUT2D eigenvalue weighted by atomic mass is 10.1. The van der Waals surface area contributed by atoms with Gasteiger partial charge in [0.2, 0.25) is 5.95 Å². The third kappa shape index (κ3) is 4.42. The lowest BCUT2D eigenvalue weighted by Crippen LogP contribution is -2.33. The highest BCUT2D eigenvalue weighted by Gasteiger charge is 2.18. The van der Waals surface area contributed by atoms with Crippen molar-refractivity contribution < 1.29 is 4.74 Å². The molecule has 1 aliphatic rings. The van der Waals surface area contributed by atoms with Crippen LogP contribution in [0.4, 0.5) is 5.95 Å². The van der Waals surface area contributed by atoms with Crippen LogP contribution in [0.5, 0.6) is 0 Å². The van der Waals surface area contributed by atoms with E-state index in [0.29, 0.717) is 40.2 Å². The molecule has 2 aromatic heterocycles. The van der Waals surface area contributed by atoms with Crippen LogP contribution in [0, 0.1) is 5.92 Å². The molecule has 2 N–H and O–H groups in total. The zero-order valence-electron chi connectivity index (χ0n) is 17.2. The summed E-state index contributed by atoms with van der Waals surface area (Å²) in [5.74, 6) is 0.872. The lowest BCUT2D eigenvalue weighted by Gasteiger charge is -2.23. The number of pyridine rings is 1. The number of hydrogen-bond donors (Lipinski definition) is 2. The highest BCUT2D eigenvalue weighted by Crippen LogP contribution is 2.27. The molecule has 0 saturated carbocycles. The van der Waals surface area contributed by atoms with E-state index < -0.39 is 0 Å². The molecule has 158 valence electrons. The summed E-state index contributed by atoms with van der Waals surface area (Å²) < 4.78 is 6.93. The van der Waals surface area contributed by atoms with E-state index in [1.807, 2.05) is 24.3 Å². The van der Waals surface area contributed by atoms with Crippen LogP contribution in [-0.4, -0.2) is 40.4 Å². The molecule has 0 amide bonds. The fraction of sp³-hybridized carbons (Fsp3) is 0.409. The van der Waals surface area contributed by atoms with Gasteiger partial charge in [-0.2, -0.15) is 4.98 Å². The molecule has 30 heavy (non-hydrogen) atoms. The second-order valence-electron chi connectivity index (χ2n) is 7.94. The summed E-state index contributed by atoms with van der Waals surface area (Å²) in [4.78, 5) is 22.5. The fourth-order valence-corrected chi connectivity index (χ4v) is 3.72. The molecule has 4 rings (SSSR count). The van der Waals surface area contributed by atoms with Crippen molar-refractivity contribution in [1.29, 1.82) is 0 Å². The number of fused-ring (bicyclic) bond motifs is 1. The van der Waals surface area contributed by atoms with Gasteiger partial charge in [0.15, 0.2) is 5.65 Å². The Bertz CT molecular complexity index is 1090. The minimum atomic E-state index is -0.188. The first kappa shape index (κ1) is 20.6. The van der Waals surface area contributed by atoms with Gasteiger partial charge < -0.3 is 15.5 Å². The molecule has 0 aliphatic carbocycles. The summed E-state index contributed by atoms with van der Waals surface area (Å²) in [6.45, 7) is 6.27. The molecule has 8 heteroatoms. The van der Waals surface area contributed by atoms with Gasteiger partial charge in [0.25, 0.3) is 5.56 Å². The van der Waals surface area contributed by atoms with Gasteiger partial charge in [0.1, 0.15) is 0 Å². The zero-order valence-corrected chi connectivity index (χ0v) is 17.9. The van der Waals surface area contributed by atoms with Crippen LogP contribution in [0.25, 0.3) is 22.2 Å². The summed E-state index contributed by atoms with van der Waals surface area (Å²) in [6.07, 6.45) is 3.56. The van der Waals surface area contributed by atoms with Gasteiger partial charge in [0, 0.05) is 48.0 Å². The Morgan fingerprint density at radius 2 is 2.00 bits per heavy atom. The van der Waals surface area contributed by atoms with Gasteiger partial charge >= 0.3 is 0 Å². The Hall–Kier alpha value is -2.64. The maximum atomic E-state index is 13.4. The van der Waals surface area contributed by atoms with Gasteiger partial charge in [-0.15, -0.1) is 0 Å². The molecule has 1 fully saturated rings. The van der Waals surface area contributed by atoms with E-state index in [2.05, 4.69) is 34.6 Å². The molecule has 1 aliphatic heterocycles. The predicted molar refractivity (Wildman–Crippen MR) is 121 cm³/mol. The maximum Gasteiger partial charge on any atom is 0.278 e. The minimum Gasteiger partial charge on any atom is -0.381 e.